The lowest BCUT2D eigenvalue weighted by atomic mass is 10.1. The fourth-order valence-corrected chi connectivity index (χ4v) is 4.90. The maximum absolute atomic E-state index is 12.2. The number of aryl methyl sites for hydroxylation is 2. The van der Waals surface area contributed by atoms with Crippen molar-refractivity contribution in [1.29, 1.82) is 0 Å². The monoisotopic (exact) mass is 434 g/mol. The number of hydrogen-bond donors (Lipinski definition) is 1. The molecule has 8 heteroatoms. The lowest BCUT2D eigenvalue weighted by molar-refractivity contribution is -0.119. The van der Waals surface area contributed by atoms with Gasteiger partial charge in [-0.1, -0.05) is 15.9 Å². The average molecular weight is 435 g/mol. The van der Waals surface area contributed by atoms with Gasteiger partial charge in [-0.25, -0.2) is 12.7 Å². The molecule has 1 aliphatic heterocycles. The Morgan fingerprint density at radius 1 is 1.29 bits per heavy atom. The highest BCUT2D eigenvalue weighted by atomic mass is 79.9. The van der Waals surface area contributed by atoms with Crippen molar-refractivity contribution in [3.63, 3.8) is 0 Å². The minimum absolute atomic E-state index is 0.00206. The molecule has 0 aromatic heterocycles. The Balaban J connectivity index is 1.82. The number of thioether (sulfide) groups is 1. The van der Waals surface area contributed by atoms with Crippen LogP contribution in [0.5, 0.6) is 0 Å². The lowest BCUT2D eigenvalue weighted by Gasteiger charge is -2.30. The number of benzene rings is 1. The van der Waals surface area contributed by atoms with E-state index in [1.807, 2.05) is 13.8 Å². The quantitative estimate of drug-likeness (QED) is 0.723. The zero-order valence-electron chi connectivity index (χ0n) is 14.1. The number of piperidine rings is 1. The second-order valence-electron chi connectivity index (χ2n) is 6.16. The maximum Gasteiger partial charge on any atom is 0.230 e. The highest BCUT2D eigenvalue weighted by molar-refractivity contribution is 9.10. The van der Waals surface area contributed by atoms with E-state index in [1.165, 1.54) is 22.3 Å². The van der Waals surface area contributed by atoms with E-state index in [9.17, 15) is 13.2 Å². The van der Waals surface area contributed by atoms with Crippen LogP contribution in [0.4, 0.5) is 0 Å². The molecular weight excluding hydrogens is 412 g/mol. The van der Waals surface area contributed by atoms with Crippen LogP contribution >= 0.6 is 27.7 Å². The van der Waals surface area contributed by atoms with Crippen LogP contribution in [0.15, 0.2) is 21.5 Å². The Bertz CT molecular complexity index is 714. The van der Waals surface area contributed by atoms with E-state index >= 15 is 0 Å². The number of carbonyl (C=O) groups is 1. The van der Waals surface area contributed by atoms with Crippen LogP contribution in [0.3, 0.4) is 0 Å². The zero-order valence-corrected chi connectivity index (χ0v) is 17.4. The SMILES string of the molecule is Cc1cc(SCC(=O)NC2CCN(S(C)(=O)=O)CC2)c(C)cc1Br. The number of halogens is 1. The van der Waals surface area contributed by atoms with Crippen molar-refractivity contribution >= 4 is 43.6 Å². The Morgan fingerprint density at radius 3 is 2.50 bits per heavy atom. The van der Waals surface area contributed by atoms with E-state index in [1.54, 1.807) is 0 Å². The van der Waals surface area contributed by atoms with Crippen molar-refractivity contribution in [1.82, 2.24) is 9.62 Å². The van der Waals surface area contributed by atoms with Gasteiger partial charge < -0.3 is 5.32 Å². The molecule has 1 saturated heterocycles. The molecular formula is C16H23BrN2O3S2. The lowest BCUT2D eigenvalue weighted by Crippen LogP contribution is -2.46. The van der Waals surface area contributed by atoms with Crippen LogP contribution in [-0.2, 0) is 14.8 Å². The fraction of sp³-hybridized carbons (Fsp3) is 0.562. The number of amides is 1. The molecule has 1 fully saturated rings. The van der Waals surface area contributed by atoms with Crippen molar-refractivity contribution in [2.75, 3.05) is 25.1 Å². The molecule has 1 aromatic carbocycles. The van der Waals surface area contributed by atoms with E-state index in [-0.39, 0.29) is 11.9 Å². The van der Waals surface area contributed by atoms with Gasteiger partial charge >= 0.3 is 0 Å². The Labute approximate surface area is 156 Å². The first-order valence-corrected chi connectivity index (χ1v) is 11.4. The smallest absolute Gasteiger partial charge is 0.230 e. The Kier molecular flexibility index (Phi) is 6.75. The summed E-state index contributed by atoms with van der Waals surface area (Å²) >= 11 is 5.04. The van der Waals surface area contributed by atoms with Gasteiger partial charge in [-0.3, -0.25) is 4.79 Å². The molecule has 0 unspecified atom stereocenters. The van der Waals surface area contributed by atoms with Crippen molar-refractivity contribution < 1.29 is 13.2 Å². The molecule has 5 nitrogen and oxygen atoms in total. The number of rotatable bonds is 5. The number of sulfonamides is 1. The van der Waals surface area contributed by atoms with Crippen LogP contribution in [0.25, 0.3) is 0 Å². The van der Waals surface area contributed by atoms with Gasteiger partial charge in [0, 0.05) is 28.5 Å². The van der Waals surface area contributed by atoms with Crippen LogP contribution in [0.2, 0.25) is 0 Å². The molecule has 1 aromatic rings. The third-order valence-electron chi connectivity index (χ3n) is 4.10. The molecule has 0 bridgehead atoms. The van der Waals surface area contributed by atoms with Gasteiger partial charge in [-0.15, -0.1) is 11.8 Å². The van der Waals surface area contributed by atoms with Crippen molar-refractivity contribution in [3.05, 3.63) is 27.7 Å². The third kappa shape index (κ3) is 5.47. The van der Waals surface area contributed by atoms with E-state index in [0.29, 0.717) is 31.7 Å². The molecule has 0 radical (unpaired) electrons. The summed E-state index contributed by atoms with van der Waals surface area (Å²) in [6, 6.07) is 4.21. The standard InChI is InChI=1S/C16H23BrN2O3S2/c1-11-9-15(12(2)8-14(11)17)23-10-16(20)18-13-4-6-19(7-5-13)24(3,21)22/h8-9,13H,4-7,10H2,1-3H3,(H,18,20). The van der Waals surface area contributed by atoms with E-state index in [4.69, 9.17) is 0 Å². The van der Waals surface area contributed by atoms with E-state index < -0.39 is 10.0 Å². The maximum atomic E-state index is 12.2. The van der Waals surface area contributed by atoms with Crippen molar-refractivity contribution in [2.24, 2.45) is 0 Å². The summed E-state index contributed by atoms with van der Waals surface area (Å²) < 4.78 is 25.5. The molecule has 0 aliphatic carbocycles. The molecule has 0 saturated carbocycles. The summed E-state index contributed by atoms with van der Waals surface area (Å²) in [5.41, 5.74) is 2.29. The van der Waals surface area contributed by atoms with Gasteiger partial charge in [0.2, 0.25) is 15.9 Å². The molecule has 1 aliphatic rings. The zero-order chi connectivity index (χ0) is 17.9. The van der Waals surface area contributed by atoms with Crippen LogP contribution in [0.1, 0.15) is 24.0 Å². The Hall–Kier alpha value is -0.570. The number of nitrogens with zero attached hydrogens (tertiary/aromatic N) is 1. The average Bonchev–Trinajstić information content (AvgIpc) is 2.49. The summed E-state index contributed by atoms with van der Waals surface area (Å²) in [6.07, 6.45) is 2.56. The minimum atomic E-state index is -3.12. The summed E-state index contributed by atoms with van der Waals surface area (Å²) in [5, 5.41) is 3.02. The first-order valence-electron chi connectivity index (χ1n) is 7.81. The molecule has 0 atom stereocenters. The van der Waals surface area contributed by atoms with Crippen molar-refractivity contribution in [2.45, 2.75) is 37.6 Å². The third-order valence-corrected chi connectivity index (χ3v) is 7.42. The highest BCUT2D eigenvalue weighted by Crippen LogP contribution is 2.28. The number of carbonyl (C=O) groups excluding carboxylic acids is 1. The minimum Gasteiger partial charge on any atom is -0.353 e. The predicted octanol–water partition coefficient (Wildman–Crippen LogP) is 2.70. The number of nitrogens with one attached hydrogen (secondary N) is 1. The Morgan fingerprint density at radius 2 is 1.92 bits per heavy atom. The molecule has 1 N–H and O–H groups in total. The van der Waals surface area contributed by atoms with Gasteiger partial charge in [0.15, 0.2) is 0 Å². The molecule has 24 heavy (non-hydrogen) atoms. The second kappa shape index (κ2) is 8.21. The van der Waals surface area contributed by atoms with E-state index in [0.717, 1.165) is 20.5 Å². The molecule has 134 valence electrons. The summed E-state index contributed by atoms with van der Waals surface area (Å²) in [4.78, 5) is 13.3. The number of hydrogen-bond acceptors (Lipinski definition) is 4. The van der Waals surface area contributed by atoms with Gasteiger partial charge in [0.05, 0.1) is 12.0 Å². The summed E-state index contributed by atoms with van der Waals surface area (Å²) in [7, 11) is -3.12. The first-order chi connectivity index (χ1) is 11.2. The van der Waals surface area contributed by atoms with Gasteiger partial charge in [0.25, 0.3) is 0 Å². The molecule has 1 heterocycles. The first kappa shape index (κ1) is 19.8. The largest absolute Gasteiger partial charge is 0.353 e. The second-order valence-corrected chi connectivity index (χ2v) is 10.0. The summed E-state index contributed by atoms with van der Waals surface area (Å²) in [5.74, 6) is 0.367. The van der Waals surface area contributed by atoms with Crippen LogP contribution in [-0.4, -0.2) is 49.8 Å². The topological polar surface area (TPSA) is 66.5 Å². The van der Waals surface area contributed by atoms with Gasteiger partial charge in [-0.05, 0) is 49.9 Å². The van der Waals surface area contributed by atoms with Crippen LogP contribution < -0.4 is 5.32 Å². The molecule has 0 spiro atoms. The normalized spacial score (nSPS) is 17.0. The van der Waals surface area contributed by atoms with Gasteiger partial charge in [-0.2, -0.15) is 0 Å². The highest BCUT2D eigenvalue weighted by Gasteiger charge is 2.25. The molecule has 1 amide bonds. The van der Waals surface area contributed by atoms with Crippen molar-refractivity contribution in [3.8, 4) is 0 Å². The molecule has 2 rings (SSSR count). The van der Waals surface area contributed by atoms with Crippen LogP contribution in [0, 0.1) is 13.8 Å². The summed E-state index contributed by atoms with van der Waals surface area (Å²) in [6.45, 7) is 5.01. The van der Waals surface area contributed by atoms with Gasteiger partial charge in [0.1, 0.15) is 0 Å². The predicted molar refractivity (Wildman–Crippen MR) is 102 cm³/mol. The fourth-order valence-electron chi connectivity index (χ4n) is 2.65. The van der Waals surface area contributed by atoms with E-state index in [2.05, 4.69) is 33.4 Å².